The van der Waals surface area contributed by atoms with Gasteiger partial charge in [-0.3, -0.25) is 14.4 Å². The maximum Gasteiger partial charge on any atom is 0.306 e. The molecule has 0 saturated heterocycles. The van der Waals surface area contributed by atoms with Gasteiger partial charge in [-0.15, -0.1) is 0 Å². The van der Waals surface area contributed by atoms with Gasteiger partial charge in [0.15, 0.2) is 6.10 Å². The van der Waals surface area contributed by atoms with Crippen LogP contribution < -0.4 is 0 Å². The summed E-state index contributed by atoms with van der Waals surface area (Å²) in [6.45, 7) is 9.00. The minimum Gasteiger partial charge on any atom is -0.462 e. The number of carbonyl (C=O) groups excluding carboxylic acids is 3. The Kier molecular flexibility index (Phi) is 46.2. The summed E-state index contributed by atoms with van der Waals surface area (Å²) >= 11 is 0. The maximum absolute atomic E-state index is 12.7. The fraction of sp³-hybridized carbons (Fsp3) is 0.943. The number of ether oxygens (including phenoxy) is 3. The third-order valence-corrected chi connectivity index (χ3v) is 12.4. The van der Waals surface area contributed by atoms with Crippen molar-refractivity contribution in [2.24, 2.45) is 5.92 Å². The van der Waals surface area contributed by atoms with Gasteiger partial charge in [-0.1, -0.05) is 259 Å². The van der Waals surface area contributed by atoms with Crippen molar-refractivity contribution in [1.82, 2.24) is 0 Å². The first-order valence-electron chi connectivity index (χ1n) is 26.4. The van der Waals surface area contributed by atoms with Crippen LogP contribution in [0.15, 0.2) is 0 Å². The van der Waals surface area contributed by atoms with Crippen LogP contribution in [0.4, 0.5) is 0 Å². The molecule has 0 N–H and O–H groups in total. The van der Waals surface area contributed by atoms with E-state index >= 15 is 0 Å². The number of rotatable bonds is 48. The molecular weight excluding hydrogens is 733 g/mol. The van der Waals surface area contributed by atoms with Gasteiger partial charge in [0.2, 0.25) is 0 Å². The van der Waals surface area contributed by atoms with Crippen molar-refractivity contribution < 1.29 is 28.6 Å². The molecule has 2 atom stereocenters. The zero-order chi connectivity index (χ0) is 43.1. The summed E-state index contributed by atoms with van der Waals surface area (Å²) in [5.41, 5.74) is 0. The number of carbonyl (C=O) groups is 3. The number of esters is 3. The van der Waals surface area contributed by atoms with E-state index in [0.29, 0.717) is 19.3 Å². The summed E-state index contributed by atoms with van der Waals surface area (Å²) in [5, 5.41) is 0. The van der Waals surface area contributed by atoms with E-state index in [2.05, 4.69) is 27.7 Å². The van der Waals surface area contributed by atoms with E-state index < -0.39 is 6.10 Å². The molecule has 0 radical (unpaired) electrons. The molecule has 350 valence electrons. The normalized spacial score (nSPS) is 12.4. The average Bonchev–Trinajstić information content (AvgIpc) is 3.23. The van der Waals surface area contributed by atoms with Gasteiger partial charge in [-0.25, -0.2) is 0 Å². The molecule has 6 heteroatoms. The fourth-order valence-electron chi connectivity index (χ4n) is 8.01. The van der Waals surface area contributed by atoms with Crippen LogP contribution in [-0.2, 0) is 28.6 Å². The van der Waals surface area contributed by atoms with Crippen LogP contribution in [0.1, 0.15) is 297 Å². The molecule has 0 heterocycles. The van der Waals surface area contributed by atoms with Crippen LogP contribution in [0, 0.1) is 5.92 Å². The van der Waals surface area contributed by atoms with Crippen LogP contribution in [0.5, 0.6) is 0 Å². The Morgan fingerprint density at radius 1 is 0.339 bits per heavy atom. The zero-order valence-corrected chi connectivity index (χ0v) is 40.2. The molecule has 0 rings (SSSR count). The van der Waals surface area contributed by atoms with Crippen molar-refractivity contribution in [3.05, 3.63) is 0 Å². The SMILES string of the molecule is CCCCCCCCCCCCCCCCCCC(=O)OC[C@@H](COC(=O)CCCCCCCCCCCCCCCCC)OC(=O)CCCCCCCCC(C)CC. The zero-order valence-electron chi connectivity index (χ0n) is 40.2. The highest BCUT2D eigenvalue weighted by atomic mass is 16.6. The Morgan fingerprint density at radius 2 is 0.593 bits per heavy atom. The number of unbranched alkanes of at least 4 members (excludes halogenated alkanes) is 34. The molecule has 0 aromatic rings. The lowest BCUT2D eigenvalue weighted by atomic mass is 10.00. The van der Waals surface area contributed by atoms with Gasteiger partial charge in [0, 0.05) is 19.3 Å². The second kappa shape index (κ2) is 47.5. The Bertz CT molecular complexity index is 889. The monoisotopic (exact) mass is 835 g/mol. The summed E-state index contributed by atoms with van der Waals surface area (Å²) in [5.74, 6) is -0.0366. The van der Waals surface area contributed by atoms with E-state index in [-0.39, 0.29) is 31.1 Å². The minimum absolute atomic E-state index is 0.0636. The molecule has 0 aliphatic rings. The summed E-state index contributed by atoms with van der Waals surface area (Å²) in [6, 6.07) is 0. The first-order valence-corrected chi connectivity index (χ1v) is 26.4. The predicted octanol–water partition coefficient (Wildman–Crippen LogP) is 17.1. The molecule has 0 saturated carbocycles. The number of hydrogen-bond acceptors (Lipinski definition) is 6. The van der Waals surface area contributed by atoms with E-state index in [1.807, 2.05) is 0 Å². The molecule has 1 unspecified atom stereocenters. The molecule has 0 aromatic heterocycles. The number of hydrogen-bond donors (Lipinski definition) is 0. The molecule has 0 bridgehead atoms. The van der Waals surface area contributed by atoms with E-state index in [4.69, 9.17) is 14.2 Å². The van der Waals surface area contributed by atoms with Crippen molar-refractivity contribution in [3.8, 4) is 0 Å². The van der Waals surface area contributed by atoms with Crippen LogP contribution in [-0.4, -0.2) is 37.2 Å². The quantitative estimate of drug-likeness (QED) is 0.0345. The standard InChI is InChI=1S/C53H102O6/c1-5-8-10-12-14-16-18-20-22-24-26-28-30-32-37-41-45-52(55)58-48-50(59-53(56)46-42-38-34-33-35-39-43-49(4)7-3)47-57-51(54)44-40-36-31-29-27-25-23-21-19-17-15-13-11-9-6-2/h49-50H,5-48H2,1-4H3/t49?,50-/m1/s1. The largest absolute Gasteiger partial charge is 0.462 e. The Labute approximate surface area is 368 Å². The lowest BCUT2D eigenvalue weighted by Gasteiger charge is -2.18. The van der Waals surface area contributed by atoms with Crippen LogP contribution in [0.2, 0.25) is 0 Å². The van der Waals surface area contributed by atoms with E-state index in [1.165, 1.54) is 193 Å². The van der Waals surface area contributed by atoms with Crippen LogP contribution in [0.25, 0.3) is 0 Å². The highest BCUT2D eigenvalue weighted by Crippen LogP contribution is 2.18. The van der Waals surface area contributed by atoms with Crippen LogP contribution in [0.3, 0.4) is 0 Å². The van der Waals surface area contributed by atoms with Gasteiger partial charge in [-0.2, -0.15) is 0 Å². The van der Waals surface area contributed by atoms with E-state index in [0.717, 1.165) is 63.7 Å². The fourth-order valence-corrected chi connectivity index (χ4v) is 8.01. The molecule has 0 fully saturated rings. The van der Waals surface area contributed by atoms with Gasteiger partial charge in [-0.05, 0) is 25.2 Å². The first-order chi connectivity index (χ1) is 28.9. The lowest BCUT2D eigenvalue weighted by molar-refractivity contribution is -0.167. The third kappa shape index (κ3) is 45.8. The van der Waals surface area contributed by atoms with Crippen molar-refractivity contribution in [2.45, 2.75) is 303 Å². The summed E-state index contributed by atoms with van der Waals surface area (Å²) in [6.07, 6.45) is 49.5. The second-order valence-corrected chi connectivity index (χ2v) is 18.4. The smallest absolute Gasteiger partial charge is 0.306 e. The summed E-state index contributed by atoms with van der Waals surface area (Å²) in [4.78, 5) is 37.9. The van der Waals surface area contributed by atoms with Gasteiger partial charge >= 0.3 is 17.9 Å². The lowest BCUT2D eigenvalue weighted by Crippen LogP contribution is -2.30. The topological polar surface area (TPSA) is 78.9 Å². The molecular formula is C53H102O6. The molecule has 0 amide bonds. The molecule has 0 aliphatic heterocycles. The molecule has 59 heavy (non-hydrogen) atoms. The van der Waals surface area contributed by atoms with Crippen molar-refractivity contribution in [3.63, 3.8) is 0 Å². The Morgan fingerprint density at radius 3 is 0.881 bits per heavy atom. The third-order valence-electron chi connectivity index (χ3n) is 12.4. The van der Waals surface area contributed by atoms with Gasteiger partial charge < -0.3 is 14.2 Å². The second-order valence-electron chi connectivity index (χ2n) is 18.4. The molecule has 0 aliphatic carbocycles. The minimum atomic E-state index is -0.761. The Hall–Kier alpha value is -1.59. The molecule has 6 nitrogen and oxygen atoms in total. The first kappa shape index (κ1) is 57.4. The van der Waals surface area contributed by atoms with E-state index in [1.54, 1.807) is 0 Å². The van der Waals surface area contributed by atoms with Gasteiger partial charge in [0.05, 0.1) is 0 Å². The summed E-state index contributed by atoms with van der Waals surface area (Å²) in [7, 11) is 0. The highest BCUT2D eigenvalue weighted by molar-refractivity contribution is 5.71. The van der Waals surface area contributed by atoms with Crippen molar-refractivity contribution in [2.75, 3.05) is 13.2 Å². The van der Waals surface area contributed by atoms with Crippen molar-refractivity contribution in [1.29, 1.82) is 0 Å². The summed E-state index contributed by atoms with van der Waals surface area (Å²) < 4.78 is 16.8. The van der Waals surface area contributed by atoms with Crippen LogP contribution >= 0.6 is 0 Å². The van der Waals surface area contributed by atoms with Gasteiger partial charge in [0.1, 0.15) is 13.2 Å². The predicted molar refractivity (Wildman–Crippen MR) is 252 cm³/mol. The Balaban J connectivity index is 4.26. The highest BCUT2D eigenvalue weighted by Gasteiger charge is 2.19. The van der Waals surface area contributed by atoms with Crippen molar-refractivity contribution >= 4 is 17.9 Å². The maximum atomic E-state index is 12.7. The average molecular weight is 835 g/mol. The van der Waals surface area contributed by atoms with E-state index in [9.17, 15) is 14.4 Å². The molecule has 0 aromatic carbocycles. The van der Waals surface area contributed by atoms with Gasteiger partial charge in [0.25, 0.3) is 0 Å². The molecule has 0 spiro atoms.